The van der Waals surface area contributed by atoms with Gasteiger partial charge in [-0.1, -0.05) is 37.3 Å². The summed E-state index contributed by atoms with van der Waals surface area (Å²) >= 11 is 5.87. The van der Waals surface area contributed by atoms with Crippen LogP contribution in [0.2, 0.25) is 5.02 Å². The van der Waals surface area contributed by atoms with E-state index in [9.17, 15) is 4.39 Å². The van der Waals surface area contributed by atoms with Crippen LogP contribution in [-0.2, 0) is 6.42 Å². The SMILES string of the molecule is NC(CCC1CCCC1)Cc1cc(Cl)ccc1F. The summed E-state index contributed by atoms with van der Waals surface area (Å²) in [5.41, 5.74) is 6.73. The molecular weight excluding hydrogens is 249 g/mol. The maximum atomic E-state index is 13.6. The maximum Gasteiger partial charge on any atom is 0.126 e. The molecule has 1 aromatic carbocycles. The van der Waals surface area contributed by atoms with Crippen molar-refractivity contribution in [2.45, 2.75) is 51.0 Å². The number of hydrogen-bond acceptors (Lipinski definition) is 1. The summed E-state index contributed by atoms with van der Waals surface area (Å²) in [6.07, 6.45) is 8.17. The molecule has 0 bridgehead atoms. The standard InChI is InChI=1S/C15H21ClFN/c16-13-6-8-15(17)12(9-13)10-14(18)7-5-11-3-1-2-4-11/h6,8-9,11,14H,1-5,7,10,18H2. The molecule has 2 N–H and O–H groups in total. The van der Waals surface area contributed by atoms with Crippen molar-refractivity contribution in [3.63, 3.8) is 0 Å². The fourth-order valence-electron chi connectivity index (χ4n) is 2.83. The van der Waals surface area contributed by atoms with E-state index in [2.05, 4.69) is 0 Å². The summed E-state index contributed by atoms with van der Waals surface area (Å²) in [4.78, 5) is 0. The third kappa shape index (κ3) is 3.96. The third-order valence-corrected chi connectivity index (χ3v) is 4.15. The Balaban J connectivity index is 1.82. The first-order chi connectivity index (χ1) is 8.65. The lowest BCUT2D eigenvalue weighted by Crippen LogP contribution is -2.24. The molecule has 100 valence electrons. The van der Waals surface area contributed by atoms with Crippen molar-refractivity contribution in [1.29, 1.82) is 0 Å². The van der Waals surface area contributed by atoms with Gasteiger partial charge >= 0.3 is 0 Å². The van der Waals surface area contributed by atoms with Gasteiger partial charge in [0.2, 0.25) is 0 Å². The van der Waals surface area contributed by atoms with Gasteiger partial charge in [-0.15, -0.1) is 0 Å². The number of hydrogen-bond donors (Lipinski definition) is 1. The molecule has 1 atom stereocenters. The van der Waals surface area contributed by atoms with E-state index in [-0.39, 0.29) is 11.9 Å². The van der Waals surface area contributed by atoms with Crippen LogP contribution < -0.4 is 5.73 Å². The molecule has 1 nitrogen and oxygen atoms in total. The largest absolute Gasteiger partial charge is 0.327 e. The summed E-state index contributed by atoms with van der Waals surface area (Å²) in [5.74, 6) is 0.649. The van der Waals surface area contributed by atoms with Crippen LogP contribution in [0.4, 0.5) is 4.39 Å². The third-order valence-electron chi connectivity index (χ3n) is 3.91. The van der Waals surface area contributed by atoms with Crippen molar-refractivity contribution in [3.05, 3.63) is 34.6 Å². The van der Waals surface area contributed by atoms with Gasteiger partial charge in [-0.05, 0) is 48.9 Å². The van der Waals surface area contributed by atoms with E-state index < -0.39 is 0 Å². The quantitative estimate of drug-likeness (QED) is 0.846. The number of benzene rings is 1. The van der Waals surface area contributed by atoms with Crippen LogP contribution in [-0.4, -0.2) is 6.04 Å². The van der Waals surface area contributed by atoms with Crippen LogP contribution in [0, 0.1) is 11.7 Å². The molecule has 0 aromatic heterocycles. The molecule has 0 heterocycles. The molecule has 0 aliphatic heterocycles. The Labute approximate surface area is 114 Å². The molecule has 1 unspecified atom stereocenters. The fraction of sp³-hybridized carbons (Fsp3) is 0.600. The molecular formula is C15H21ClFN. The summed E-state index contributed by atoms with van der Waals surface area (Å²) in [6.45, 7) is 0. The summed E-state index contributed by atoms with van der Waals surface area (Å²) in [5, 5.41) is 0.578. The second-order valence-electron chi connectivity index (χ2n) is 5.43. The number of nitrogens with two attached hydrogens (primary N) is 1. The van der Waals surface area contributed by atoms with E-state index in [1.54, 1.807) is 12.1 Å². The zero-order valence-electron chi connectivity index (χ0n) is 10.7. The second kappa shape index (κ2) is 6.53. The minimum absolute atomic E-state index is 0.0403. The predicted octanol–water partition coefficient (Wildman–Crippen LogP) is 4.32. The molecule has 0 saturated heterocycles. The smallest absolute Gasteiger partial charge is 0.126 e. The lowest BCUT2D eigenvalue weighted by molar-refractivity contribution is 0.444. The molecule has 1 fully saturated rings. The predicted molar refractivity (Wildman–Crippen MR) is 74.3 cm³/mol. The van der Waals surface area contributed by atoms with Gasteiger partial charge in [-0.2, -0.15) is 0 Å². The first kappa shape index (κ1) is 13.8. The van der Waals surface area contributed by atoms with Crippen molar-refractivity contribution < 1.29 is 4.39 Å². The Bertz CT molecular complexity index is 388. The average molecular weight is 270 g/mol. The van der Waals surface area contributed by atoms with Gasteiger partial charge in [0.25, 0.3) is 0 Å². The van der Waals surface area contributed by atoms with Gasteiger partial charge in [-0.25, -0.2) is 4.39 Å². The van der Waals surface area contributed by atoms with E-state index >= 15 is 0 Å². The molecule has 1 saturated carbocycles. The van der Waals surface area contributed by atoms with Gasteiger partial charge in [0.15, 0.2) is 0 Å². The lowest BCUT2D eigenvalue weighted by atomic mass is 9.95. The van der Waals surface area contributed by atoms with Crippen molar-refractivity contribution in [2.24, 2.45) is 11.7 Å². The van der Waals surface area contributed by atoms with Crippen molar-refractivity contribution in [3.8, 4) is 0 Å². The zero-order valence-corrected chi connectivity index (χ0v) is 11.4. The summed E-state index contributed by atoms with van der Waals surface area (Å²) < 4.78 is 13.6. The first-order valence-corrected chi connectivity index (χ1v) is 7.22. The average Bonchev–Trinajstić information content (AvgIpc) is 2.84. The molecule has 1 aliphatic carbocycles. The van der Waals surface area contributed by atoms with E-state index in [0.29, 0.717) is 17.0 Å². The molecule has 1 aliphatic rings. The maximum absolute atomic E-state index is 13.6. The molecule has 1 aromatic rings. The van der Waals surface area contributed by atoms with E-state index in [0.717, 1.165) is 12.3 Å². The minimum atomic E-state index is -0.198. The highest BCUT2D eigenvalue weighted by molar-refractivity contribution is 6.30. The highest BCUT2D eigenvalue weighted by Crippen LogP contribution is 2.29. The van der Waals surface area contributed by atoms with Gasteiger partial charge < -0.3 is 5.73 Å². The summed E-state index contributed by atoms with van der Waals surface area (Å²) in [6, 6.07) is 4.72. The fourth-order valence-corrected chi connectivity index (χ4v) is 3.03. The molecule has 18 heavy (non-hydrogen) atoms. The van der Waals surface area contributed by atoms with Crippen LogP contribution >= 0.6 is 11.6 Å². The monoisotopic (exact) mass is 269 g/mol. The Morgan fingerprint density at radius 2 is 2.06 bits per heavy atom. The van der Waals surface area contributed by atoms with Gasteiger partial charge in [0.05, 0.1) is 0 Å². The topological polar surface area (TPSA) is 26.0 Å². The van der Waals surface area contributed by atoms with Crippen LogP contribution in [0.1, 0.15) is 44.1 Å². The molecule has 0 radical (unpaired) electrons. The molecule has 3 heteroatoms. The zero-order chi connectivity index (χ0) is 13.0. The van der Waals surface area contributed by atoms with Crippen LogP contribution in [0.25, 0.3) is 0 Å². The van der Waals surface area contributed by atoms with Crippen LogP contribution in [0.15, 0.2) is 18.2 Å². The minimum Gasteiger partial charge on any atom is -0.327 e. The van der Waals surface area contributed by atoms with Crippen molar-refractivity contribution in [1.82, 2.24) is 0 Å². The van der Waals surface area contributed by atoms with Crippen molar-refractivity contribution in [2.75, 3.05) is 0 Å². The Hall–Kier alpha value is -0.600. The van der Waals surface area contributed by atoms with Gasteiger partial charge in [0.1, 0.15) is 5.82 Å². The Morgan fingerprint density at radius 3 is 2.78 bits per heavy atom. The van der Waals surface area contributed by atoms with Crippen LogP contribution in [0.3, 0.4) is 0 Å². The molecule has 0 spiro atoms. The molecule has 2 rings (SSSR count). The van der Waals surface area contributed by atoms with Crippen molar-refractivity contribution >= 4 is 11.6 Å². The first-order valence-electron chi connectivity index (χ1n) is 6.84. The van der Waals surface area contributed by atoms with Gasteiger partial charge in [0, 0.05) is 11.1 Å². The van der Waals surface area contributed by atoms with E-state index in [1.165, 1.54) is 38.2 Å². The number of rotatable bonds is 5. The normalized spacial score (nSPS) is 18.2. The number of halogens is 2. The van der Waals surface area contributed by atoms with Crippen LogP contribution in [0.5, 0.6) is 0 Å². The lowest BCUT2D eigenvalue weighted by Gasteiger charge is -2.15. The molecule has 0 amide bonds. The Kier molecular flexibility index (Phi) is 5.02. The van der Waals surface area contributed by atoms with E-state index in [4.69, 9.17) is 17.3 Å². The second-order valence-corrected chi connectivity index (χ2v) is 5.86. The Morgan fingerprint density at radius 1 is 1.33 bits per heavy atom. The van der Waals surface area contributed by atoms with Gasteiger partial charge in [-0.3, -0.25) is 0 Å². The summed E-state index contributed by atoms with van der Waals surface area (Å²) in [7, 11) is 0. The highest BCUT2D eigenvalue weighted by Gasteiger charge is 2.16. The van der Waals surface area contributed by atoms with E-state index in [1.807, 2.05) is 0 Å². The highest BCUT2D eigenvalue weighted by atomic mass is 35.5.